The molecule has 4 aliphatic carbocycles. The fraction of sp³-hybridized carbons (Fsp3) is 0.848. The van der Waals surface area contributed by atoms with Crippen LogP contribution >= 0.6 is 0 Å². The van der Waals surface area contributed by atoms with Crippen LogP contribution in [0.4, 0.5) is 0 Å². The molecule has 2 saturated heterocycles. The number of rotatable bonds is 2. The van der Waals surface area contributed by atoms with Crippen LogP contribution in [0.25, 0.3) is 0 Å². The highest BCUT2D eigenvalue weighted by atomic mass is 16.6. The van der Waals surface area contributed by atoms with Gasteiger partial charge in [0.2, 0.25) is 5.91 Å². The van der Waals surface area contributed by atoms with E-state index in [9.17, 15) is 14.4 Å². The second-order valence-corrected chi connectivity index (χ2v) is 14.8. The van der Waals surface area contributed by atoms with E-state index >= 15 is 0 Å². The van der Waals surface area contributed by atoms with Gasteiger partial charge in [0.05, 0.1) is 6.10 Å². The SMILES string of the molecule is CC(=O)O[C@H]1CC[C@@]2(C)C(=CC[C@H]3[C@@H]4C[C@@H]5O[C@]6(CC[C@@H](C)CN6C(C)=O)[C@@H](C)[C@@H]5[C@@]4(C)[C@H](OC(C)=O)C[C@@H]32)C1. The molecule has 5 fully saturated rings. The molecule has 0 bridgehead atoms. The molecule has 3 saturated carbocycles. The number of piperidine rings is 1. The summed E-state index contributed by atoms with van der Waals surface area (Å²) < 4.78 is 19.1. The Morgan fingerprint density at radius 2 is 1.70 bits per heavy atom. The Kier molecular flexibility index (Phi) is 6.76. The van der Waals surface area contributed by atoms with Crippen LogP contribution in [-0.4, -0.2) is 53.3 Å². The van der Waals surface area contributed by atoms with Crippen LogP contribution in [-0.2, 0) is 28.6 Å². The molecule has 0 unspecified atom stereocenters. The molecule has 40 heavy (non-hydrogen) atoms. The third-order valence-corrected chi connectivity index (χ3v) is 12.8. The number of esters is 2. The van der Waals surface area contributed by atoms with E-state index < -0.39 is 5.72 Å². The highest BCUT2D eigenvalue weighted by Gasteiger charge is 2.72. The van der Waals surface area contributed by atoms with Crippen molar-refractivity contribution in [1.82, 2.24) is 4.90 Å². The number of carbonyl (C=O) groups excluding carboxylic acids is 3. The number of amides is 1. The molecule has 0 aromatic carbocycles. The fourth-order valence-electron chi connectivity index (χ4n) is 11.1. The Bertz CT molecular complexity index is 1120. The average Bonchev–Trinajstić information content (AvgIpc) is 3.32. The van der Waals surface area contributed by atoms with Gasteiger partial charge in [-0.05, 0) is 74.0 Å². The van der Waals surface area contributed by atoms with Crippen molar-refractivity contribution < 1.29 is 28.6 Å². The molecule has 2 heterocycles. The summed E-state index contributed by atoms with van der Waals surface area (Å²) in [6.07, 6.45) is 9.77. The van der Waals surface area contributed by atoms with Crippen molar-refractivity contribution in [2.75, 3.05) is 6.54 Å². The van der Waals surface area contributed by atoms with Crippen LogP contribution in [0.1, 0.15) is 99.8 Å². The number of nitrogens with zero attached hydrogens (tertiary/aromatic N) is 1. The van der Waals surface area contributed by atoms with Crippen LogP contribution in [0.2, 0.25) is 0 Å². The van der Waals surface area contributed by atoms with E-state index in [-0.39, 0.29) is 58.8 Å². The molecular formula is C33H49NO6. The molecule has 0 aromatic rings. The van der Waals surface area contributed by atoms with Crippen LogP contribution in [0.15, 0.2) is 11.6 Å². The third-order valence-electron chi connectivity index (χ3n) is 12.8. The predicted octanol–water partition coefficient (Wildman–Crippen LogP) is 5.66. The van der Waals surface area contributed by atoms with E-state index in [1.165, 1.54) is 12.5 Å². The van der Waals surface area contributed by atoms with Gasteiger partial charge in [-0.15, -0.1) is 0 Å². The number of hydrogen-bond acceptors (Lipinski definition) is 6. The largest absolute Gasteiger partial charge is 0.462 e. The Labute approximate surface area is 239 Å². The zero-order valence-electron chi connectivity index (χ0n) is 25.5. The smallest absolute Gasteiger partial charge is 0.302 e. The third kappa shape index (κ3) is 3.95. The average molecular weight is 556 g/mol. The number of carbonyl (C=O) groups is 3. The summed E-state index contributed by atoms with van der Waals surface area (Å²) >= 11 is 0. The minimum absolute atomic E-state index is 0.0234. The van der Waals surface area contributed by atoms with Crippen molar-refractivity contribution in [1.29, 1.82) is 0 Å². The number of allylic oxidation sites excluding steroid dienone is 1. The van der Waals surface area contributed by atoms with E-state index in [1.54, 1.807) is 13.8 Å². The predicted molar refractivity (Wildman–Crippen MR) is 150 cm³/mol. The van der Waals surface area contributed by atoms with Gasteiger partial charge in [0, 0.05) is 51.0 Å². The van der Waals surface area contributed by atoms with E-state index in [1.807, 2.05) is 4.90 Å². The molecule has 6 rings (SSSR count). The number of hydrogen-bond donors (Lipinski definition) is 0. The number of fused-ring (bicyclic) bond motifs is 7. The van der Waals surface area contributed by atoms with E-state index in [4.69, 9.17) is 14.2 Å². The summed E-state index contributed by atoms with van der Waals surface area (Å²) in [7, 11) is 0. The van der Waals surface area contributed by atoms with E-state index in [0.29, 0.717) is 23.7 Å². The highest BCUT2D eigenvalue weighted by Crippen LogP contribution is 2.71. The zero-order valence-corrected chi connectivity index (χ0v) is 25.5. The van der Waals surface area contributed by atoms with Crippen LogP contribution in [0.5, 0.6) is 0 Å². The van der Waals surface area contributed by atoms with Crippen molar-refractivity contribution in [3.05, 3.63) is 11.6 Å². The molecular weight excluding hydrogens is 506 g/mol. The molecule has 0 N–H and O–H groups in total. The maximum Gasteiger partial charge on any atom is 0.302 e. The second-order valence-electron chi connectivity index (χ2n) is 14.8. The lowest BCUT2D eigenvalue weighted by molar-refractivity contribution is -0.204. The van der Waals surface area contributed by atoms with Crippen molar-refractivity contribution in [3.8, 4) is 0 Å². The van der Waals surface area contributed by atoms with Crippen molar-refractivity contribution in [2.24, 2.45) is 46.3 Å². The summed E-state index contributed by atoms with van der Waals surface area (Å²) in [6, 6.07) is 0. The molecule has 0 aromatic heterocycles. The summed E-state index contributed by atoms with van der Waals surface area (Å²) in [4.78, 5) is 39.2. The molecule has 7 heteroatoms. The lowest BCUT2D eigenvalue weighted by Crippen LogP contribution is -2.62. The Morgan fingerprint density at radius 1 is 0.975 bits per heavy atom. The lowest BCUT2D eigenvalue weighted by atomic mass is 9.46. The summed E-state index contributed by atoms with van der Waals surface area (Å²) in [6.45, 7) is 14.8. The van der Waals surface area contributed by atoms with Crippen molar-refractivity contribution in [2.45, 2.75) is 124 Å². The molecule has 0 radical (unpaired) electrons. The number of likely N-dealkylation sites (tertiary alicyclic amines) is 1. The molecule has 1 spiro atoms. The van der Waals surface area contributed by atoms with Gasteiger partial charge in [0.15, 0.2) is 0 Å². The first-order valence-electron chi connectivity index (χ1n) is 15.8. The van der Waals surface area contributed by atoms with Crippen LogP contribution < -0.4 is 0 Å². The van der Waals surface area contributed by atoms with Crippen LogP contribution in [0, 0.1) is 46.3 Å². The second kappa shape index (κ2) is 9.57. The van der Waals surface area contributed by atoms with Gasteiger partial charge in [-0.3, -0.25) is 14.4 Å². The fourth-order valence-corrected chi connectivity index (χ4v) is 11.1. The highest BCUT2D eigenvalue weighted by molar-refractivity contribution is 5.74. The lowest BCUT2D eigenvalue weighted by Gasteiger charge is -2.60. The first kappa shape index (κ1) is 28.2. The van der Waals surface area contributed by atoms with Crippen molar-refractivity contribution >= 4 is 17.8 Å². The van der Waals surface area contributed by atoms with Gasteiger partial charge in [0.25, 0.3) is 0 Å². The van der Waals surface area contributed by atoms with E-state index in [0.717, 1.165) is 57.9 Å². The van der Waals surface area contributed by atoms with Gasteiger partial charge in [0.1, 0.15) is 17.9 Å². The molecule has 6 aliphatic rings. The Hall–Kier alpha value is -1.89. The maximum atomic E-state index is 12.9. The molecule has 1 amide bonds. The molecule has 222 valence electrons. The van der Waals surface area contributed by atoms with Crippen molar-refractivity contribution in [3.63, 3.8) is 0 Å². The Morgan fingerprint density at radius 3 is 2.38 bits per heavy atom. The normalized spacial score (nSPS) is 49.3. The summed E-state index contributed by atoms with van der Waals surface area (Å²) in [5.41, 5.74) is 0.685. The standard InChI is InChI=1S/C33H49NO6/c1-18-10-13-33(34(17-18)20(3)35)19(2)30-28(40-33)15-27-25-9-8-23-14-24(38-21(4)36)11-12-31(23,6)26(25)16-29(32(27,30)7)39-22(5)37/h8,18-19,24-30H,9-17H2,1-7H3/t18-,19+,24+,25-,26+,27+,28+,29-,30+,31+,32-,33-/m1/s1. The summed E-state index contributed by atoms with van der Waals surface area (Å²) in [5.74, 6) is 1.87. The molecule has 7 nitrogen and oxygen atoms in total. The maximum absolute atomic E-state index is 12.9. The monoisotopic (exact) mass is 555 g/mol. The molecule has 2 aliphatic heterocycles. The zero-order chi connectivity index (χ0) is 28.8. The van der Waals surface area contributed by atoms with Gasteiger partial charge >= 0.3 is 11.9 Å². The minimum Gasteiger partial charge on any atom is -0.462 e. The Balaban J connectivity index is 1.35. The first-order chi connectivity index (χ1) is 18.8. The summed E-state index contributed by atoms with van der Waals surface area (Å²) in [5, 5.41) is 0. The van der Waals surface area contributed by atoms with Gasteiger partial charge < -0.3 is 19.1 Å². The van der Waals surface area contributed by atoms with E-state index in [2.05, 4.69) is 33.8 Å². The van der Waals surface area contributed by atoms with Gasteiger partial charge in [-0.1, -0.05) is 39.3 Å². The molecule has 12 atom stereocenters. The topological polar surface area (TPSA) is 82.1 Å². The van der Waals surface area contributed by atoms with Gasteiger partial charge in [-0.25, -0.2) is 0 Å². The van der Waals surface area contributed by atoms with Crippen LogP contribution in [0.3, 0.4) is 0 Å². The number of ether oxygens (including phenoxy) is 3. The first-order valence-corrected chi connectivity index (χ1v) is 15.8. The van der Waals surface area contributed by atoms with Gasteiger partial charge in [-0.2, -0.15) is 0 Å². The quantitative estimate of drug-likeness (QED) is 0.323. The minimum atomic E-state index is -0.556.